The Hall–Kier alpha value is -4.44. The molecule has 0 saturated carbocycles. The van der Waals surface area contributed by atoms with Crippen molar-refractivity contribution in [2.24, 2.45) is 4.99 Å². The Bertz CT molecular complexity index is 1440. The van der Waals surface area contributed by atoms with Gasteiger partial charge in [-0.3, -0.25) is 14.9 Å². The first-order valence-electron chi connectivity index (χ1n) is 11.4. The SMILES string of the molecule is O=c1c(C(=NCCc2ccccc2)c2ccccc2)c(-c2ccccc2)[nH]n1-c1ccccc1. The Balaban J connectivity index is 1.67. The number of nitrogens with one attached hydrogen (secondary N) is 1. The van der Waals surface area contributed by atoms with Gasteiger partial charge in [-0.15, -0.1) is 0 Å². The van der Waals surface area contributed by atoms with Gasteiger partial charge in [-0.2, -0.15) is 0 Å². The lowest BCUT2D eigenvalue weighted by molar-refractivity contribution is 0.852. The molecule has 166 valence electrons. The minimum absolute atomic E-state index is 0.118. The second-order valence-corrected chi connectivity index (χ2v) is 8.04. The average molecular weight is 444 g/mol. The largest absolute Gasteiger partial charge is 0.290 e. The highest BCUT2D eigenvalue weighted by molar-refractivity contribution is 6.15. The number of aromatic nitrogens is 2. The highest BCUT2D eigenvalue weighted by Crippen LogP contribution is 2.24. The number of rotatable bonds is 7. The van der Waals surface area contributed by atoms with E-state index < -0.39 is 0 Å². The van der Waals surface area contributed by atoms with Crippen LogP contribution < -0.4 is 5.56 Å². The molecule has 4 nitrogen and oxygen atoms in total. The van der Waals surface area contributed by atoms with E-state index >= 15 is 0 Å². The maximum atomic E-state index is 13.9. The fourth-order valence-corrected chi connectivity index (χ4v) is 4.08. The van der Waals surface area contributed by atoms with Gasteiger partial charge in [0.2, 0.25) is 0 Å². The molecule has 0 aliphatic heterocycles. The van der Waals surface area contributed by atoms with E-state index in [1.54, 1.807) is 4.68 Å². The van der Waals surface area contributed by atoms with Gasteiger partial charge in [-0.1, -0.05) is 109 Å². The van der Waals surface area contributed by atoms with Gasteiger partial charge in [-0.05, 0) is 24.1 Å². The van der Waals surface area contributed by atoms with Crippen LogP contribution in [0.5, 0.6) is 0 Å². The molecule has 0 atom stereocenters. The Morgan fingerprint density at radius 1 is 0.706 bits per heavy atom. The Kier molecular flexibility index (Phi) is 6.30. The zero-order valence-corrected chi connectivity index (χ0v) is 18.8. The molecule has 0 radical (unpaired) electrons. The minimum Gasteiger partial charge on any atom is -0.290 e. The number of hydrogen-bond donors (Lipinski definition) is 1. The summed E-state index contributed by atoms with van der Waals surface area (Å²) in [6.07, 6.45) is 0.801. The van der Waals surface area contributed by atoms with E-state index in [1.807, 2.05) is 109 Å². The van der Waals surface area contributed by atoms with Crippen molar-refractivity contribution in [2.75, 3.05) is 6.54 Å². The lowest BCUT2D eigenvalue weighted by Gasteiger charge is -2.08. The molecule has 0 unspecified atom stereocenters. The van der Waals surface area contributed by atoms with Crippen LogP contribution in [0.2, 0.25) is 0 Å². The summed E-state index contributed by atoms with van der Waals surface area (Å²) in [5.41, 5.74) is 5.79. The number of H-pyrrole nitrogens is 1. The molecule has 5 rings (SSSR count). The van der Waals surface area contributed by atoms with Crippen molar-refractivity contribution in [1.29, 1.82) is 0 Å². The van der Waals surface area contributed by atoms with Crippen LogP contribution in [-0.2, 0) is 6.42 Å². The summed E-state index contributed by atoms with van der Waals surface area (Å²) < 4.78 is 1.60. The lowest BCUT2D eigenvalue weighted by Crippen LogP contribution is -2.21. The van der Waals surface area contributed by atoms with Crippen LogP contribution in [0.15, 0.2) is 131 Å². The molecule has 0 aliphatic carbocycles. The molecule has 4 aromatic carbocycles. The van der Waals surface area contributed by atoms with Crippen LogP contribution in [0.25, 0.3) is 16.9 Å². The van der Waals surface area contributed by atoms with E-state index in [0.717, 1.165) is 28.9 Å². The molecule has 0 spiro atoms. The van der Waals surface area contributed by atoms with Crippen LogP contribution in [-0.4, -0.2) is 22.0 Å². The number of aromatic amines is 1. The van der Waals surface area contributed by atoms with E-state index in [9.17, 15) is 4.79 Å². The summed E-state index contributed by atoms with van der Waals surface area (Å²) in [5, 5.41) is 3.36. The van der Waals surface area contributed by atoms with Crippen molar-refractivity contribution in [2.45, 2.75) is 6.42 Å². The number of para-hydroxylation sites is 1. The third-order valence-electron chi connectivity index (χ3n) is 5.76. The maximum absolute atomic E-state index is 13.9. The normalized spacial score (nSPS) is 11.5. The van der Waals surface area contributed by atoms with Crippen LogP contribution >= 0.6 is 0 Å². The molecular weight excluding hydrogens is 418 g/mol. The van der Waals surface area contributed by atoms with Gasteiger partial charge in [0.05, 0.1) is 22.7 Å². The molecule has 0 saturated heterocycles. The molecule has 34 heavy (non-hydrogen) atoms. The molecule has 0 aliphatic rings. The zero-order valence-electron chi connectivity index (χ0n) is 18.8. The first-order chi connectivity index (χ1) is 16.8. The van der Waals surface area contributed by atoms with Gasteiger partial charge >= 0.3 is 0 Å². The van der Waals surface area contributed by atoms with Crippen LogP contribution in [0.3, 0.4) is 0 Å². The highest BCUT2D eigenvalue weighted by Gasteiger charge is 2.22. The van der Waals surface area contributed by atoms with Crippen molar-refractivity contribution >= 4 is 5.71 Å². The fraction of sp³-hybridized carbons (Fsp3) is 0.0667. The van der Waals surface area contributed by atoms with E-state index in [2.05, 4.69) is 17.2 Å². The quantitative estimate of drug-likeness (QED) is 0.312. The third-order valence-corrected chi connectivity index (χ3v) is 5.76. The van der Waals surface area contributed by atoms with Crippen molar-refractivity contribution in [3.63, 3.8) is 0 Å². The molecule has 1 heterocycles. The molecule has 0 fully saturated rings. The van der Waals surface area contributed by atoms with Gasteiger partial charge in [0.15, 0.2) is 0 Å². The summed E-state index contributed by atoms with van der Waals surface area (Å²) in [4.78, 5) is 18.9. The summed E-state index contributed by atoms with van der Waals surface area (Å²) >= 11 is 0. The van der Waals surface area contributed by atoms with Gasteiger partial charge < -0.3 is 0 Å². The third kappa shape index (κ3) is 4.52. The van der Waals surface area contributed by atoms with Gasteiger partial charge in [-0.25, -0.2) is 4.68 Å². The lowest BCUT2D eigenvalue weighted by atomic mass is 9.99. The predicted molar refractivity (Wildman–Crippen MR) is 139 cm³/mol. The monoisotopic (exact) mass is 443 g/mol. The summed E-state index contributed by atoms with van der Waals surface area (Å²) in [6.45, 7) is 0.582. The molecule has 1 N–H and O–H groups in total. The average Bonchev–Trinajstić information content (AvgIpc) is 3.25. The topological polar surface area (TPSA) is 50.1 Å². The molecule has 0 bridgehead atoms. The van der Waals surface area contributed by atoms with Gasteiger partial charge in [0, 0.05) is 17.7 Å². The molecule has 0 amide bonds. The number of aliphatic imine (C=N–C) groups is 1. The van der Waals surface area contributed by atoms with Crippen molar-refractivity contribution < 1.29 is 0 Å². The summed E-state index contributed by atoms with van der Waals surface area (Å²) in [5.74, 6) is 0. The van der Waals surface area contributed by atoms with Gasteiger partial charge in [0.25, 0.3) is 5.56 Å². The standard InChI is InChI=1S/C30H25N3O/c34-30-27(28(24-15-7-2-8-16-24)31-22-21-23-13-5-1-6-14-23)29(25-17-9-3-10-18-25)32-33(30)26-19-11-4-12-20-26/h1-20,32H,21-22H2. The van der Waals surface area contributed by atoms with E-state index in [4.69, 9.17) is 4.99 Å². The van der Waals surface area contributed by atoms with E-state index in [1.165, 1.54) is 5.56 Å². The molecular formula is C30H25N3O. The smallest absolute Gasteiger partial charge is 0.281 e. The second kappa shape index (κ2) is 10.0. The number of nitrogens with zero attached hydrogens (tertiary/aromatic N) is 2. The van der Waals surface area contributed by atoms with Crippen molar-refractivity contribution in [1.82, 2.24) is 9.78 Å². The highest BCUT2D eigenvalue weighted by atomic mass is 16.1. The van der Waals surface area contributed by atoms with Crippen LogP contribution in [0.4, 0.5) is 0 Å². The Morgan fingerprint density at radius 3 is 1.91 bits per heavy atom. The summed E-state index contributed by atoms with van der Waals surface area (Å²) in [7, 11) is 0. The Morgan fingerprint density at radius 2 is 1.26 bits per heavy atom. The fourth-order valence-electron chi connectivity index (χ4n) is 4.08. The molecule has 5 aromatic rings. The van der Waals surface area contributed by atoms with Gasteiger partial charge in [0.1, 0.15) is 0 Å². The first kappa shape index (κ1) is 21.4. The van der Waals surface area contributed by atoms with Crippen molar-refractivity contribution in [3.8, 4) is 16.9 Å². The molecule has 4 heteroatoms. The number of benzene rings is 4. The zero-order chi connectivity index (χ0) is 23.2. The van der Waals surface area contributed by atoms with E-state index in [0.29, 0.717) is 17.8 Å². The maximum Gasteiger partial charge on any atom is 0.281 e. The Labute approximate surface area is 198 Å². The minimum atomic E-state index is -0.118. The summed E-state index contributed by atoms with van der Waals surface area (Å²) in [6, 6.07) is 39.8. The van der Waals surface area contributed by atoms with Crippen LogP contribution in [0.1, 0.15) is 16.7 Å². The van der Waals surface area contributed by atoms with Crippen molar-refractivity contribution in [3.05, 3.63) is 148 Å². The second-order valence-electron chi connectivity index (χ2n) is 8.04. The van der Waals surface area contributed by atoms with Crippen LogP contribution in [0, 0.1) is 0 Å². The first-order valence-corrected chi connectivity index (χ1v) is 11.4. The number of hydrogen-bond acceptors (Lipinski definition) is 2. The van der Waals surface area contributed by atoms with E-state index in [-0.39, 0.29) is 5.56 Å². The molecule has 1 aromatic heterocycles. The predicted octanol–water partition coefficient (Wildman–Crippen LogP) is 5.91.